The maximum Gasteiger partial charge on any atom is 0.320 e. The van der Waals surface area contributed by atoms with Gasteiger partial charge >= 0.3 is 11.9 Å². The minimum absolute atomic E-state index is 0.305. The Bertz CT molecular complexity index is 310. The zero-order chi connectivity index (χ0) is 16.9. The van der Waals surface area contributed by atoms with Crippen LogP contribution in [0.1, 0.15) is 84.5 Å². The highest BCUT2D eigenvalue weighted by Gasteiger charge is 2.32. The van der Waals surface area contributed by atoms with E-state index in [1.165, 1.54) is 51.4 Å². The summed E-state index contributed by atoms with van der Waals surface area (Å²) in [6.07, 6.45) is 13.0. The average Bonchev–Trinajstić information content (AvgIpc) is 2.58. The van der Waals surface area contributed by atoms with Gasteiger partial charge in [0.05, 0.1) is 13.2 Å². The molecule has 0 spiro atoms. The Hall–Kier alpha value is -1.06. The van der Waals surface area contributed by atoms with Crippen LogP contribution in [-0.4, -0.2) is 25.2 Å². The first-order valence-electron chi connectivity index (χ1n) is 9.52. The Balaban J connectivity index is 2.64. The van der Waals surface area contributed by atoms with E-state index in [0.717, 1.165) is 12.8 Å². The summed E-state index contributed by atoms with van der Waals surface area (Å²) in [7, 11) is 0. The first-order valence-corrected chi connectivity index (χ1v) is 9.52. The standard InChI is InChI=1S/C19H34O4/c1-3-22-18(20)17(19(21)23-4-2)15-16-13-11-9-7-5-6-8-10-12-14-16/h16-17H,3-15H2,1-2H3. The molecular weight excluding hydrogens is 292 g/mol. The lowest BCUT2D eigenvalue weighted by Crippen LogP contribution is -2.30. The summed E-state index contributed by atoms with van der Waals surface area (Å²) in [6.45, 7) is 4.15. The van der Waals surface area contributed by atoms with E-state index in [0.29, 0.717) is 25.6 Å². The summed E-state index contributed by atoms with van der Waals surface area (Å²) in [6, 6.07) is 0. The second-order valence-electron chi connectivity index (χ2n) is 6.56. The maximum atomic E-state index is 12.1. The average molecular weight is 326 g/mol. The third kappa shape index (κ3) is 8.38. The molecule has 1 fully saturated rings. The minimum Gasteiger partial charge on any atom is -0.465 e. The smallest absolute Gasteiger partial charge is 0.320 e. The van der Waals surface area contributed by atoms with Crippen LogP contribution in [0.4, 0.5) is 0 Å². The molecule has 1 saturated carbocycles. The SMILES string of the molecule is CCOC(=O)C(CC1CCCCCCCCCC1)C(=O)OCC. The van der Waals surface area contributed by atoms with E-state index in [2.05, 4.69) is 0 Å². The van der Waals surface area contributed by atoms with E-state index in [-0.39, 0.29) is 0 Å². The van der Waals surface area contributed by atoms with Gasteiger partial charge in [0.2, 0.25) is 0 Å². The van der Waals surface area contributed by atoms with Crippen molar-refractivity contribution in [3.8, 4) is 0 Å². The molecule has 0 atom stereocenters. The summed E-state index contributed by atoms with van der Waals surface area (Å²) in [4.78, 5) is 24.3. The quantitative estimate of drug-likeness (QED) is 0.526. The molecule has 0 aliphatic heterocycles. The van der Waals surface area contributed by atoms with Gasteiger partial charge in [-0.15, -0.1) is 0 Å². The molecule has 0 aromatic heterocycles. The molecule has 23 heavy (non-hydrogen) atoms. The van der Waals surface area contributed by atoms with Crippen LogP contribution in [0, 0.1) is 11.8 Å². The molecule has 0 amide bonds. The largest absolute Gasteiger partial charge is 0.465 e. The molecule has 0 aromatic rings. The third-order valence-electron chi connectivity index (χ3n) is 4.69. The second-order valence-corrected chi connectivity index (χ2v) is 6.56. The van der Waals surface area contributed by atoms with Gasteiger partial charge in [-0.25, -0.2) is 0 Å². The van der Waals surface area contributed by atoms with E-state index < -0.39 is 17.9 Å². The fourth-order valence-corrected chi connectivity index (χ4v) is 3.41. The van der Waals surface area contributed by atoms with E-state index >= 15 is 0 Å². The van der Waals surface area contributed by atoms with Crippen molar-refractivity contribution in [2.45, 2.75) is 84.5 Å². The van der Waals surface area contributed by atoms with E-state index in [4.69, 9.17) is 9.47 Å². The van der Waals surface area contributed by atoms with Crippen LogP contribution in [0.25, 0.3) is 0 Å². The van der Waals surface area contributed by atoms with Crippen LogP contribution in [0.5, 0.6) is 0 Å². The molecular formula is C19H34O4. The number of carbonyl (C=O) groups is 2. The van der Waals surface area contributed by atoms with Gasteiger partial charge in [-0.1, -0.05) is 64.2 Å². The molecule has 4 nitrogen and oxygen atoms in total. The second kappa shape index (κ2) is 12.4. The lowest BCUT2D eigenvalue weighted by molar-refractivity contribution is -0.162. The summed E-state index contributed by atoms with van der Waals surface area (Å²) < 4.78 is 10.2. The van der Waals surface area contributed by atoms with Gasteiger partial charge in [-0.2, -0.15) is 0 Å². The molecule has 0 aromatic carbocycles. The molecule has 1 aliphatic rings. The van der Waals surface area contributed by atoms with Crippen molar-refractivity contribution in [1.82, 2.24) is 0 Å². The fraction of sp³-hybridized carbons (Fsp3) is 0.895. The normalized spacial score (nSPS) is 18.2. The predicted molar refractivity (Wildman–Crippen MR) is 91.0 cm³/mol. The van der Waals surface area contributed by atoms with Crippen molar-refractivity contribution in [3.05, 3.63) is 0 Å². The summed E-state index contributed by atoms with van der Waals surface area (Å²) in [5.41, 5.74) is 0. The number of esters is 2. The third-order valence-corrected chi connectivity index (χ3v) is 4.69. The van der Waals surface area contributed by atoms with E-state index in [1.54, 1.807) is 13.8 Å². The Kier molecular flexibility index (Phi) is 10.8. The molecule has 0 bridgehead atoms. The molecule has 0 radical (unpaired) electrons. The molecule has 1 aliphatic carbocycles. The van der Waals surface area contributed by atoms with Crippen molar-refractivity contribution in [3.63, 3.8) is 0 Å². The van der Waals surface area contributed by atoms with E-state index in [1.807, 2.05) is 0 Å². The summed E-state index contributed by atoms with van der Waals surface area (Å²) in [5, 5.41) is 0. The zero-order valence-corrected chi connectivity index (χ0v) is 15.0. The van der Waals surface area contributed by atoms with Crippen molar-refractivity contribution >= 4 is 11.9 Å². The van der Waals surface area contributed by atoms with Crippen LogP contribution < -0.4 is 0 Å². The van der Waals surface area contributed by atoms with Crippen molar-refractivity contribution < 1.29 is 19.1 Å². The van der Waals surface area contributed by atoms with Gasteiger partial charge in [-0.3, -0.25) is 9.59 Å². The molecule has 1 rings (SSSR count). The topological polar surface area (TPSA) is 52.6 Å². The lowest BCUT2D eigenvalue weighted by atomic mass is 9.86. The Morgan fingerprint density at radius 2 is 1.17 bits per heavy atom. The molecule has 0 N–H and O–H groups in total. The van der Waals surface area contributed by atoms with Crippen LogP contribution >= 0.6 is 0 Å². The Morgan fingerprint density at radius 1 is 0.783 bits per heavy atom. The lowest BCUT2D eigenvalue weighted by Gasteiger charge is -2.21. The van der Waals surface area contributed by atoms with Gasteiger partial charge in [0.15, 0.2) is 5.92 Å². The van der Waals surface area contributed by atoms with Gasteiger partial charge in [0.25, 0.3) is 0 Å². The minimum atomic E-state index is -0.745. The number of hydrogen-bond donors (Lipinski definition) is 0. The van der Waals surface area contributed by atoms with E-state index in [9.17, 15) is 9.59 Å². The number of ether oxygens (including phenoxy) is 2. The summed E-state index contributed by atoms with van der Waals surface area (Å²) >= 11 is 0. The predicted octanol–water partition coefficient (Wildman–Crippen LogP) is 4.65. The first kappa shape index (κ1) is 20.0. The zero-order valence-electron chi connectivity index (χ0n) is 15.0. The number of carbonyl (C=O) groups excluding carboxylic acids is 2. The highest BCUT2D eigenvalue weighted by atomic mass is 16.6. The highest BCUT2D eigenvalue weighted by Crippen LogP contribution is 2.27. The van der Waals surface area contributed by atoms with Crippen LogP contribution in [0.3, 0.4) is 0 Å². The van der Waals surface area contributed by atoms with Crippen LogP contribution in [0.2, 0.25) is 0 Å². The van der Waals surface area contributed by atoms with Gasteiger partial charge in [0, 0.05) is 0 Å². The van der Waals surface area contributed by atoms with Gasteiger partial charge < -0.3 is 9.47 Å². The Morgan fingerprint density at radius 3 is 1.57 bits per heavy atom. The fourth-order valence-electron chi connectivity index (χ4n) is 3.41. The molecule has 4 heteroatoms. The maximum absolute atomic E-state index is 12.1. The van der Waals surface area contributed by atoms with Crippen molar-refractivity contribution in [1.29, 1.82) is 0 Å². The first-order chi connectivity index (χ1) is 11.2. The molecule has 0 unspecified atom stereocenters. The summed E-state index contributed by atoms with van der Waals surface area (Å²) in [5.74, 6) is -1.16. The number of rotatable bonds is 6. The molecule has 134 valence electrons. The molecule has 0 heterocycles. The monoisotopic (exact) mass is 326 g/mol. The van der Waals surface area contributed by atoms with Crippen LogP contribution in [0.15, 0.2) is 0 Å². The van der Waals surface area contributed by atoms with Crippen molar-refractivity contribution in [2.75, 3.05) is 13.2 Å². The number of hydrogen-bond acceptors (Lipinski definition) is 4. The molecule has 0 saturated heterocycles. The van der Waals surface area contributed by atoms with Crippen molar-refractivity contribution in [2.24, 2.45) is 11.8 Å². The van der Waals surface area contributed by atoms with Gasteiger partial charge in [0.1, 0.15) is 0 Å². The van der Waals surface area contributed by atoms with Crippen LogP contribution in [-0.2, 0) is 19.1 Å². The van der Waals surface area contributed by atoms with Gasteiger partial charge in [-0.05, 0) is 26.2 Å². The Labute approximate surface area is 141 Å². The highest BCUT2D eigenvalue weighted by molar-refractivity contribution is 5.94.